The molecule has 2 nitrogen and oxygen atoms in total. The van der Waals surface area contributed by atoms with E-state index in [0.29, 0.717) is 11.6 Å². The Hall–Kier alpha value is -2.63. The number of hydrogen-bond donors (Lipinski definition) is 0. The highest BCUT2D eigenvalue weighted by atomic mass is 19.4. The number of ether oxygens (including phenoxy) is 1. The maximum absolute atomic E-state index is 13.9. The zero-order valence-electron chi connectivity index (χ0n) is 12.8. The second-order valence-corrected chi connectivity index (χ2v) is 5.25. The maximum atomic E-state index is 13.9. The van der Waals surface area contributed by atoms with Gasteiger partial charge in [0.05, 0.1) is 5.56 Å². The minimum absolute atomic E-state index is 0.0832. The number of esters is 1. The number of carbonyl (C=O) groups is 1. The van der Waals surface area contributed by atoms with Gasteiger partial charge in [0.15, 0.2) is 0 Å². The molecule has 0 atom stereocenters. The lowest BCUT2D eigenvalue weighted by atomic mass is 10.0. The van der Waals surface area contributed by atoms with Gasteiger partial charge in [-0.05, 0) is 42.3 Å². The molecule has 0 fully saturated rings. The largest absolute Gasteiger partial charge is 0.457 e. The van der Waals surface area contributed by atoms with Gasteiger partial charge in [-0.25, -0.2) is 9.18 Å². The van der Waals surface area contributed by atoms with Crippen molar-refractivity contribution in [3.05, 3.63) is 71.6 Å². The fourth-order valence-corrected chi connectivity index (χ4v) is 2.02. The number of carbonyl (C=O) groups excluding carboxylic acids is 1. The number of hydrogen-bond acceptors (Lipinski definition) is 2. The lowest BCUT2D eigenvalue weighted by Gasteiger charge is -2.11. The van der Waals surface area contributed by atoms with Gasteiger partial charge >= 0.3 is 12.1 Å². The van der Waals surface area contributed by atoms with Crippen molar-refractivity contribution in [1.29, 1.82) is 0 Å². The summed E-state index contributed by atoms with van der Waals surface area (Å²) in [5, 5.41) is 0. The molecule has 0 N–H and O–H groups in total. The molecule has 2 aromatic rings. The molecule has 0 radical (unpaired) electrons. The summed E-state index contributed by atoms with van der Waals surface area (Å²) in [5.74, 6) is -1.34. The predicted octanol–water partition coefficient (Wildman–Crippen LogP) is 5.13. The van der Waals surface area contributed by atoms with Crippen LogP contribution in [0.25, 0.3) is 11.1 Å². The number of alkyl halides is 3. The van der Waals surface area contributed by atoms with E-state index in [0.717, 1.165) is 12.1 Å². The van der Waals surface area contributed by atoms with Gasteiger partial charge in [-0.15, -0.1) is 0 Å². The molecule has 0 heterocycles. The average molecular weight is 338 g/mol. The molecule has 24 heavy (non-hydrogen) atoms. The van der Waals surface area contributed by atoms with Crippen molar-refractivity contribution in [1.82, 2.24) is 0 Å². The summed E-state index contributed by atoms with van der Waals surface area (Å²) >= 11 is 0. The van der Waals surface area contributed by atoms with E-state index < -0.39 is 23.5 Å². The fourth-order valence-electron chi connectivity index (χ4n) is 2.02. The highest BCUT2D eigenvalue weighted by Gasteiger charge is 2.31. The van der Waals surface area contributed by atoms with E-state index in [1.54, 1.807) is 12.1 Å². The Kier molecular flexibility index (Phi) is 5.07. The van der Waals surface area contributed by atoms with Gasteiger partial charge in [-0.3, -0.25) is 0 Å². The van der Waals surface area contributed by atoms with Crippen molar-refractivity contribution < 1.29 is 27.1 Å². The first-order valence-electron chi connectivity index (χ1n) is 6.97. The topological polar surface area (TPSA) is 26.3 Å². The molecule has 0 aliphatic carbocycles. The second kappa shape index (κ2) is 6.86. The summed E-state index contributed by atoms with van der Waals surface area (Å²) in [6.45, 7) is 4.86. The summed E-state index contributed by atoms with van der Waals surface area (Å²) in [6.07, 6.45) is -4.56. The number of benzene rings is 2. The van der Waals surface area contributed by atoms with Crippen LogP contribution in [0.1, 0.15) is 18.1 Å². The average Bonchev–Trinajstić information content (AvgIpc) is 2.52. The Bertz CT molecular complexity index is 779. The second-order valence-electron chi connectivity index (χ2n) is 5.25. The standard InChI is InChI=1S/C18H14F4O2/c1-11(2)17(23)24-10-12-4-3-5-13(8-12)15-9-14(18(20,21)22)6-7-16(15)19/h3-9H,1,10H2,2H3. The highest BCUT2D eigenvalue weighted by Crippen LogP contribution is 2.33. The van der Waals surface area contributed by atoms with Crippen LogP contribution in [0.15, 0.2) is 54.6 Å². The van der Waals surface area contributed by atoms with Gasteiger partial charge in [-0.1, -0.05) is 24.8 Å². The van der Waals surface area contributed by atoms with E-state index in [1.165, 1.54) is 19.1 Å². The Labute approximate surface area is 136 Å². The summed E-state index contributed by atoms with van der Waals surface area (Å²) < 4.78 is 57.3. The van der Waals surface area contributed by atoms with E-state index in [1.807, 2.05) is 0 Å². The van der Waals surface area contributed by atoms with Crippen LogP contribution >= 0.6 is 0 Å². The molecule has 0 amide bonds. The third-order valence-electron chi connectivity index (χ3n) is 3.25. The van der Waals surface area contributed by atoms with Gasteiger partial charge < -0.3 is 4.74 Å². The van der Waals surface area contributed by atoms with Crippen molar-refractivity contribution in [2.75, 3.05) is 0 Å². The third kappa shape index (κ3) is 4.22. The van der Waals surface area contributed by atoms with Crippen molar-refractivity contribution in [3.63, 3.8) is 0 Å². The third-order valence-corrected chi connectivity index (χ3v) is 3.25. The Balaban J connectivity index is 2.31. The summed E-state index contributed by atoms with van der Waals surface area (Å²) in [6, 6.07) is 8.38. The minimum Gasteiger partial charge on any atom is -0.457 e. The molecule has 0 spiro atoms. The lowest BCUT2D eigenvalue weighted by Crippen LogP contribution is -2.06. The zero-order chi connectivity index (χ0) is 17.9. The van der Waals surface area contributed by atoms with Crippen LogP contribution < -0.4 is 0 Å². The van der Waals surface area contributed by atoms with Crippen molar-refractivity contribution in [2.24, 2.45) is 0 Å². The highest BCUT2D eigenvalue weighted by molar-refractivity contribution is 5.86. The zero-order valence-corrected chi connectivity index (χ0v) is 12.8. The van der Waals surface area contributed by atoms with Gasteiger partial charge in [-0.2, -0.15) is 13.2 Å². The van der Waals surface area contributed by atoms with E-state index in [2.05, 4.69) is 6.58 Å². The minimum atomic E-state index is -4.56. The van der Waals surface area contributed by atoms with Crippen LogP contribution in [0.5, 0.6) is 0 Å². The first-order valence-corrected chi connectivity index (χ1v) is 6.97. The molecule has 0 aliphatic rings. The molecule has 2 rings (SSSR count). The number of halogens is 4. The smallest absolute Gasteiger partial charge is 0.416 e. The molecule has 6 heteroatoms. The van der Waals surface area contributed by atoms with Crippen LogP contribution in [0.3, 0.4) is 0 Å². The van der Waals surface area contributed by atoms with E-state index in [-0.39, 0.29) is 23.3 Å². The van der Waals surface area contributed by atoms with Crippen LogP contribution in [0, 0.1) is 5.82 Å². The van der Waals surface area contributed by atoms with Crippen LogP contribution in [0.4, 0.5) is 17.6 Å². The van der Waals surface area contributed by atoms with Crippen LogP contribution in [0.2, 0.25) is 0 Å². The van der Waals surface area contributed by atoms with Gasteiger partial charge in [0.25, 0.3) is 0 Å². The van der Waals surface area contributed by atoms with Crippen LogP contribution in [-0.4, -0.2) is 5.97 Å². The number of rotatable bonds is 4. The van der Waals surface area contributed by atoms with Crippen molar-refractivity contribution in [2.45, 2.75) is 19.7 Å². The molecule has 0 unspecified atom stereocenters. The Morgan fingerprint density at radius 1 is 1.17 bits per heavy atom. The van der Waals surface area contributed by atoms with E-state index in [4.69, 9.17) is 4.74 Å². The Morgan fingerprint density at radius 2 is 1.88 bits per heavy atom. The molecule has 0 aromatic heterocycles. The first kappa shape index (κ1) is 17.7. The van der Waals surface area contributed by atoms with Gasteiger partial charge in [0.1, 0.15) is 12.4 Å². The Morgan fingerprint density at radius 3 is 2.50 bits per heavy atom. The normalized spacial score (nSPS) is 11.2. The molecule has 0 saturated carbocycles. The molecule has 0 aliphatic heterocycles. The summed E-state index contributed by atoms with van der Waals surface area (Å²) in [4.78, 5) is 11.4. The molecular formula is C18H14F4O2. The summed E-state index contributed by atoms with van der Waals surface area (Å²) in [7, 11) is 0. The molecule has 126 valence electrons. The predicted molar refractivity (Wildman–Crippen MR) is 81.4 cm³/mol. The first-order chi connectivity index (χ1) is 11.2. The SMILES string of the molecule is C=C(C)C(=O)OCc1cccc(-c2cc(C(F)(F)F)ccc2F)c1. The molecule has 0 saturated heterocycles. The van der Waals surface area contributed by atoms with E-state index in [9.17, 15) is 22.4 Å². The van der Waals surface area contributed by atoms with Crippen molar-refractivity contribution >= 4 is 5.97 Å². The fraction of sp³-hybridized carbons (Fsp3) is 0.167. The lowest BCUT2D eigenvalue weighted by molar-refractivity contribution is -0.140. The maximum Gasteiger partial charge on any atom is 0.416 e. The quantitative estimate of drug-likeness (QED) is 0.439. The summed E-state index contributed by atoms with van der Waals surface area (Å²) in [5.41, 5.74) is -0.0765. The van der Waals surface area contributed by atoms with Crippen molar-refractivity contribution in [3.8, 4) is 11.1 Å². The van der Waals surface area contributed by atoms with Gasteiger partial charge in [0, 0.05) is 11.1 Å². The van der Waals surface area contributed by atoms with Crippen LogP contribution in [-0.2, 0) is 22.3 Å². The van der Waals surface area contributed by atoms with Gasteiger partial charge in [0.2, 0.25) is 0 Å². The van der Waals surface area contributed by atoms with E-state index >= 15 is 0 Å². The molecular weight excluding hydrogens is 324 g/mol. The molecule has 2 aromatic carbocycles. The molecule has 0 bridgehead atoms. The monoisotopic (exact) mass is 338 g/mol.